The van der Waals surface area contributed by atoms with Crippen LogP contribution in [0, 0.1) is 0 Å². The summed E-state index contributed by atoms with van der Waals surface area (Å²) in [7, 11) is 0. The molecule has 0 bridgehead atoms. The quantitative estimate of drug-likeness (QED) is 0.624. The standard InChI is InChI=1S/C11H12N2/c1-9(12-2)8-10-4-6-11(13-3)7-5-10/h4-7H,1-3,8H2. The maximum Gasteiger partial charge on any atom is 0.0622 e. The van der Waals surface area contributed by atoms with Crippen molar-refractivity contribution in [3.05, 3.63) is 42.1 Å². The molecule has 0 aliphatic carbocycles. The molecule has 0 fully saturated rings. The Morgan fingerprint density at radius 2 is 1.77 bits per heavy atom. The van der Waals surface area contributed by atoms with Gasteiger partial charge in [-0.3, -0.25) is 9.98 Å². The summed E-state index contributed by atoms with van der Waals surface area (Å²) in [4.78, 5) is 7.55. The lowest BCUT2D eigenvalue weighted by atomic mass is 10.1. The van der Waals surface area contributed by atoms with Crippen LogP contribution in [0.2, 0.25) is 0 Å². The van der Waals surface area contributed by atoms with Gasteiger partial charge in [-0.25, -0.2) is 0 Å². The first-order chi connectivity index (χ1) is 6.26. The molecule has 2 heteroatoms. The predicted molar refractivity (Wildman–Crippen MR) is 58.0 cm³/mol. The van der Waals surface area contributed by atoms with Gasteiger partial charge in [0.25, 0.3) is 0 Å². The Kier molecular flexibility index (Phi) is 3.15. The zero-order valence-electron chi connectivity index (χ0n) is 7.53. The van der Waals surface area contributed by atoms with Gasteiger partial charge in [0.2, 0.25) is 0 Å². The minimum absolute atomic E-state index is 0.737. The molecule has 2 nitrogen and oxygen atoms in total. The first-order valence-corrected chi connectivity index (χ1v) is 3.96. The van der Waals surface area contributed by atoms with Crippen LogP contribution in [0.25, 0.3) is 0 Å². The van der Waals surface area contributed by atoms with Crippen molar-refractivity contribution in [1.29, 1.82) is 0 Å². The largest absolute Gasteiger partial charge is 0.269 e. The molecule has 0 aromatic heterocycles. The average Bonchev–Trinajstić information content (AvgIpc) is 2.19. The van der Waals surface area contributed by atoms with Crippen LogP contribution in [-0.2, 0) is 6.42 Å². The third-order valence-electron chi connectivity index (χ3n) is 1.75. The van der Waals surface area contributed by atoms with E-state index in [0.717, 1.165) is 23.4 Å². The lowest BCUT2D eigenvalue weighted by Crippen LogP contribution is -1.84. The van der Waals surface area contributed by atoms with Crippen molar-refractivity contribution in [2.75, 3.05) is 0 Å². The van der Waals surface area contributed by atoms with Crippen molar-refractivity contribution < 1.29 is 0 Å². The lowest BCUT2D eigenvalue weighted by Gasteiger charge is -2.00. The Bertz CT molecular complexity index is 322. The highest BCUT2D eigenvalue weighted by atomic mass is 14.7. The molecule has 0 radical (unpaired) electrons. The molecule has 13 heavy (non-hydrogen) atoms. The number of allylic oxidation sites excluding steroid dienone is 1. The number of hydrogen-bond acceptors (Lipinski definition) is 2. The minimum atomic E-state index is 0.737. The van der Waals surface area contributed by atoms with E-state index in [0.29, 0.717) is 0 Å². The van der Waals surface area contributed by atoms with Gasteiger partial charge < -0.3 is 0 Å². The Balaban J connectivity index is 2.74. The molecule has 0 atom stereocenters. The summed E-state index contributed by atoms with van der Waals surface area (Å²) in [5, 5.41) is 0. The summed E-state index contributed by atoms with van der Waals surface area (Å²) in [5.74, 6) is 0. The van der Waals surface area contributed by atoms with Crippen molar-refractivity contribution in [2.45, 2.75) is 6.42 Å². The number of aliphatic imine (C=N–C) groups is 2. The van der Waals surface area contributed by atoms with Crippen molar-refractivity contribution in [1.82, 2.24) is 0 Å². The molecule has 1 aromatic rings. The van der Waals surface area contributed by atoms with Gasteiger partial charge in [-0.1, -0.05) is 18.7 Å². The molecule has 0 saturated heterocycles. The van der Waals surface area contributed by atoms with Gasteiger partial charge in [0, 0.05) is 12.1 Å². The van der Waals surface area contributed by atoms with Crippen LogP contribution >= 0.6 is 0 Å². The molecule has 0 amide bonds. The molecule has 1 aromatic carbocycles. The third-order valence-corrected chi connectivity index (χ3v) is 1.75. The SMILES string of the molecule is C=NC(=C)Cc1ccc(N=C)cc1. The van der Waals surface area contributed by atoms with Gasteiger partial charge in [-0.15, -0.1) is 0 Å². The molecular formula is C11H12N2. The van der Waals surface area contributed by atoms with Crippen molar-refractivity contribution in [3.63, 3.8) is 0 Å². The number of hydrogen-bond donors (Lipinski definition) is 0. The van der Waals surface area contributed by atoms with Crippen LogP contribution in [0.15, 0.2) is 46.5 Å². The van der Waals surface area contributed by atoms with E-state index < -0.39 is 0 Å². The van der Waals surface area contributed by atoms with Gasteiger partial charge in [0.05, 0.1) is 5.69 Å². The molecule has 0 heterocycles. The monoisotopic (exact) mass is 172 g/mol. The minimum Gasteiger partial charge on any atom is -0.269 e. The maximum absolute atomic E-state index is 3.80. The van der Waals surface area contributed by atoms with E-state index in [2.05, 4.69) is 30.0 Å². The second kappa shape index (κ2) is 4.36. The molecule has 0 aliphatic rings. The molecule has 0 aliphatic heterocycles. The average molecular weight is 172 g/mol. The van der Waals surface area contributed by atoms with Gasteiger partial charge in [0.15, 0.2) is 0 Å². The first kappa shape index (κ1) is 9.39. The summed E-state index contributed by atoms with van der Waals surface area (Å²) in [6.45, 7) is 10.6. The van der Waals surface area contributed by atoms with Crippen LogP contribution < -0.4 is 0 Å². The fourth-order valence-electron chi connectivity index (χ4n) is 1.01. The topological polar surface area (TPSA) is 24.7 Å². The lowest BCUT2D eigenvalue weighted by molar-refractivity contribution is 1.13. The van der Waals surface area contributed by atoms with Crippen LogP contribution in [0.5, 0.6) is 0 Å². The number of rotatable bonds is 4. The summed E-state index contributed by atoms with van der Waals surface area (Å²) < 4.78 is 0. The second-order valence-corrected chi connectivity index (χ2v) is 2.73. The Morgan fingerprint density at radius 1 is 1.15 bits per heavy atom. The van der Waals surface area contributed by atoms with E-state index in [1.54, 1.807) is 0 Å². The molecule has 0 N–H and O–H groups in total. The van der Waals surface area contributed by atoms with Gasteiger partial charge in [-0.05, 0) is 31.1 Å². The number of benzene rings is 1. The molecule has 1 rings (SSSR count). The summed E-state index contributed by atoms with van der Waals surface area (Å²) in [5.41, 5.74) is 2.81. The predicted octanol–water partition coefficient (Wildman–Crippen LogP) is 2.78. The fourth-order valence-corrected chi connectivity index (χ4v) is 1.01. The fraction of sp³-hybridized carbons (Fsp3) is 0.0909. The van der Waals surface area contributed by atoms with E-state index in [1.807, 2.05) is 24.3 Å². The third kappa shape index (κ3) is 2.67. The first-order valence-electron chi connectivity index (χ1n) is 3.96. The van der Waals surface area contributed by atoms with Gasteiger partial charge in [0.1, 0.15) is 0 Å². The zero-order chi connectivity index (χ0) is 9.68. The number of nitrogens with zero attached hydrogens (tertiary/aromatic N) is 2. The molecule has 66 valence electrons. The highest BCUT2D eigenvalue weighted by molar-refractivity contribution is 5.46. The Morgan fingerprint density at radius 3 is 2.23 bits per heavy atom. The van der Waals surface area contributed by atoms with E-state index in [1.165, 1.54) is 0 Å². The normalized spacial score (nSPS) is 9.23. The maximum atomic E-state index is 3.80. The molecule has 0 spiro atoms. The smallest absolute Gasteiger partial charge is 0.0622 e. The van der Waals surface area contributed by atoms with Gasteiger partial charge >= 0.3 is 0 Å². The summed E-state index contributed by atoms with van der Waals surface area (Å²) in [6, 6.07) is 7.80. The van der Waals surface area contributed by atoms with E-state index in [4.69, 9.17) is 0 Å². The molecule has 0 unspecified atom stereocenters. The summed E-state index contributed by atoms with van der Waals surface area (Å²) >= 11 is 0. The Hall–Kier alpha value is -1.70. The van der Waals surface area contributed by atoms with Crippen molar-refractivity contribution in [3.8, 4) is 0 Å². The second-order valence-electron chi connectivity index (χ2n) is 2.73. The van der Waals surface area contributed by atoms with E-state index in [-0.39, 0.29) is 0 Å². The van der Waals surface area contributed by atoms with Gasteiger partial charge in [-0.2, -0.15) is 0 Å². The molecular weight excluding hydrogens is 160 g/mol. The van der Waals surface area contributed by atoms with Crippen molar-refractivity contribution >= 4 is 19.1 Å². The molecule has 0 saturated carbocycles. The van der Waals surface area contributed by atoms with Crippen LogP contribution in [0.4, 0.5) is 5.69 Å². The Labute approximate surface area is 78.4 Å². The highest BCUT2D eigenvalue weighted by Gasteiger charge is 1.94. The highest BCUT2D eigenvalue weighted by Crippen LogP contribution is 2.14. The van der Waals surface area contributed by atoms with Crippen molar-refractivity contribution in [2.24, 2.45) is 9.98 Å². The summed E-state index contributed by atoms with van der Waals surface area (Å²) in [6.07, 6.45) is 0.737. The van der Waals surface area contributed by atoms with E-state index >= 15 is 0 Å². The zero-order valence-corrected chi connectivity index (χ0v) is 7.53. The van der Waals surface area contributed by atoms with Crippen LogP contribution in [0.3, 0.4) is 0 Å². The van der Waals surface area contributed by atoms with Crippen LogP contribution in [-0.4, -0.2) is 13.4 Å². The van der Waals surface area contributed by atoms with E-state index in [9.17, 15) is 0 Å². The van der Waals surface area contributed by atoms with Crippen LogP contribution in [0.1, 0.15) is 5.56 Å².